The van der Waals surface area contributed by atoms with Gasteiger partial charge in [-0.25, -0.2) is 4.79 Å². The van der Waals surface area contributed by atoms with Crippen LogP contribution in [-0.4, -0.2) is 16.3 Å². The predicted octanol–water partition coefficient (Wildman–Crippen LogP) is 2.84. The third-order valence-corrected chi connectivity index (χ3v) is 2.74. The van der Waals surface area contributed by atoms with E-state index in [0.29, 0.717) is 16.6 Å². The monoisotopic (exact) mass is 264 g/mol. The topological polar surface area (TPSA) is 78.9 Å². The summed E-state index contributed by atoms with van der Waals surface area (Å²) in [5, 5.41) is 13.0. The van der Waals surface area contributed by atoms with Crippen LogP contribution in [0.4, 0.5) is 4.79 Å². The van der Waals surface area contributed by atoms with Crippen LogP contribution < -0.4 is 5.32 Å². The number of carbonyl (C=O) groups is 1. The highest BCUT2D eigenvalue weighted by Gasteiger charge is 2.22. The third kappa shape index (κ3) is 3.17. The van der Waals surface area contributed by atoms with Crippen molar-refractivity contribution in [2.24, 2.45) is 0 Å². The molecule has 1 unspecified atom stereocenters. The van der Waals surface area contributed by atoms with Gasteiger partial charge in [0.2, 0.25) is 0 Å². The molecule has 2 heterocycles. The number of hydroxylamine groups is 2. The quantitative estimate of drug-likeness (QED) is 0.657. The number of urea groups is 1. The van der Waals surface area contributed by atoms with E-state index in [-0.39, 0.29) is 6.54 Å². The summed E-state index contributed by atoms with van der Waals surface area (Å²) >= 11 is 0. The molecule has 2 N–H and O–H groups in total. The van der Waals surface area contributed by atoms with Gasteiger partial charge in [-0.3, -0.25) is 5.21 Å². The second-order valence-corrected chi connectivity index (χ2v) is 4.21. The molecule has 2 rings (SSSR count). The second-order valence-electron chi connectivity index (χ2n) is 4.21. The number of nitrogens with zero attached hydrogens (tertiary/aromatic N) is 1. The highest BCUT2D eigenvalue weighted by atomic mass is 16.5. The SMILES string of the molecule is Cc1ccc(C(C)N(O)C(=O)NCc2ccco2)o1. The Morgan fingerprint density at radius 1 is 1.47 bits per heavy atom. The molecule has 0 spiro atoms. The number of hydrogen-bond acceptors (Lipinski definition) is 4. The molecule has 0 aliphatic rings. The molecule has 0 aliphatic carbocycles. The highest BCUT2D eigenvalue weighted by molar-refractivity contribution is 5.73. The molecular weight excluding hydrogens is 248 g/mol. The summed E-state index contributed by atoms with van der Waals surface area (Å²) < 4.78 is 10.4. The Balaban J connectivity index is 1.91. The molecular formula is C13H16N2O4. The van der Waals surface area contributed by atoms with Gasteiger partial charge in [0.15, 0.2) is 0 Å². The van der Waals surface area contributed by atoms with Crippen LogP contribution in [0, 0.1) is 6.92 Å². The van der Waals surface area contributed by atoms with Crippen LogP contribution in [0.2, 0.25) is 0 Å². The average molecular weight is 264 g/mol. The lowest BCUT2D eigenvalue weighted by molar-refractivity contribution is -0.0798. The number of amides is 2. The molecule has 0 aromatic carbocycles. The van der Waals surface area contributed by atoms with E-state index in [9.17, 15) is 10.0 Å². The molecule has 102 valence electrons. The Morgan fingerprint density at radius 3 is 2.84 bits per heavy atom. The van der Waals surface area contributed by atoms with E-state index in [1.165, 1.54) is 6.26 Å². The first-order valence-electron chi connectivity index (χ1n) is 5.92. The van der Waals surface area contributed by atoms with Gasteiger partial charge in [0.25, 0.3) is 0 Å². The molecule has 0 bridgehead atoms. The molecule has 0 saturated heterocycles. The van der Waals surface area contributed by atoms with Crippen molar-refractivity contribution in [2.75, 3.05) is 0 Å². The zero-order valence-electron chi connectivity index (χ0n) is 10.8. The fraction of sp³-hybridized carbons (Fsp3) is 0.308. The molecule has 2 aromatic rings. The summed E-state index contributed by atoms with van der Waals surface area (Å²) in [6.07, 6.45) is 1.52. The lowest BCUT2D eigenvalue weighted by Crippen LogP contribution is -2.38. The first-order chi connectivity index (χ1) is 9.08. The lowest BCUT2D eigenvalue weighted by atomic mass is 10.2. The van der Waals surface area contributed by atoms with Crippen LogP contribution in [0.1, 0.15) is 30.2 Å². The zero-order chi connectivity index (χ0) is 13.8. The largest absolute Gasteiger partial charge is 0.467 e. The number of rotatable bonds is 4. The maximum atomic E-state index is 11.7. The third-order valence-electron chi connectivity index (χ3n) is 2.74. The van der Waals surface area contributed by atoms with E-state index in [1.54, 1.807) is 38.1 Å². The number of hydrogen-bond donors (Lipinski definition) is 2. The van der Waals surface area contributed by atoms with Gasteiger partial charge < -0.3 is 14.2 Å². The molecule has 2 aromatic heterocycles. The Hall–Kier alpha value is -2.21. The molecule has 2 amide bonds. The van der Waals surface area contributed by atoms with Gasteiger partial charge in [0.05, 0.1) is 12.8 Å². The van der Waals surface area contributed by atoms with Crippen molar-refractivity contribution in [1.82, 2.24) is 10.4 Å². The summed E-state index contributed by atoms with van der Waals surface area (Å²) in [6.45, 7) is 3.69. The zero-order valence-corrected chi connectivity index (χ0v) is 10.8. The van der Waals surface area contributed by atoms with Crippen LogP contribution in [0.15, 0.2) is 39.4 Å². The lowest BCUT2D eigenvalue weighted by Gasteiger charge is -2.20. The minimum absolute atomic E-state index is 0.215. The Morgan fingerprint density at radius 2 is 2.26 bits per heavy atom. The van der Waals surface area contributed by atoms with E-state index in [4.69, 9.17) is 8.83 Å². The molecule has 0 radical (unpaired) electrons. The van der Waals surface area contributed by atoms with Gasteiger partial charge in [-0.2, -0.15) is 5.06 Å². The fourth-order valence-electron chi connectivity index (χ4n) is 1.63. The van der Waals surface area contributed by atoms with Crippen molar-refractivity contribution in [3.05, 3.63) is 47.8 Å². The minimum atomic E-state index is -0.613. The van der Waals surface area contributed by atoms with E-state index < -0.39 is 12.1 Å². The summed E-state index contributed by atoms with van der Waals surface area (Å²) in [7, 11) is 0. The van der Waals surface area contributed by atoms with Gasteiger partial charge >= 0.3 is 6.03 Å². The van der Waals surface area contributed by atoms with E-state index in [0.717, 1.165) is 5.76 Å². The fourth-order valence-corrected chi connectivity index (χ4v) is 1.63. The number of carbonyl (C=O) groups excluding carboxylic acids is 1. The number of furan rings is 2. The smallest absolute Gasteiger partial charge is 0.342 e. The molecule has 6 heteroatoms. The van der Waals surface area contributed by atoms with Crippen LogP contribution >= 0.6 is 0 Å². The molecule has 1 atom stereocenters. The second kappa shape index (κ2) is 5.62. The van der Waals surface area contributed by atoms with Crippen LogP contribution in [0.25, 0.3) is 0 Å². The van der Waals surface area contributed by atoms with Crippen LogP contribution in [0.5, 0.6) is 0 Å². The summed E-state index contributed by atoms with van der Waals surface area (Å²) in [4.78, 5) is 11.7. The van der Waals surface area contributed by atoms with Gasteiger partial charge in [0.1, 0.15) is 23.3 Å². The van der Waals surface area contributed by atoms with Crippen molar-refractivity contribution in [1.29, 1.82) is 0 Å². The maximum Gasteiger partial charge on any atom is 0.342 e. The van der Waals surface area contributed by atoms with Gasteiger partial charge in [-0.1, -0.05) is 0 Å². The van der Waals surface area contributed by atoms with Crippen LogP contribution in [-0.2, 0) is 6.54 Å². The van der Waals surface area contributed by atoms with Gasteiger partial charge in [-0.05, 0) is 38.1 Å². The molecule has 0 fully saturated rings. The maximum absolute atomic E-state index is 11.7. The Labute approximate surface area is 110 Å². The average Bonchev–Trinajstić information content (AvgIpc) is 3.05. The van der Waals surface area contributed by atoms with Gasteiger partial charge in [-0.15, -0.1) is 0 Å². The molecule has 0 aliphatic heterocycles. The molecule has 6 nitrogen and oxygen atoms in total. The van der Waals surface area contributed by atoms with Crippen molar-refractivity contribution in [2.45, 2.75) is 26.4 Å². The van der Waals surface area contributed by atoms with Crippen molar-refractivity contribution < 1.29 is 18.8 Å². The van der Waals surface area contributed by atoms with E-state index >= 15 is 0 Å². The Bertz CT molecular complexity index is 533. The minimum Gasteiger partial charge on any atom is -0.467 e. The Kier molecular flexibility index (Phi) is 3.91. The highest BCUT2D eigenvalue weighted by Crippen LogP contribution is 2.20. The van der Waals surface area contributed by atoms with E-state index in [2.05, 4.69) is 5.32 Å². The van der Waals surface area contributed by atoms with E-state index in [1.807, 2.05) is 0 Å². The summed E-state index contributed by atoms with van der Waals surface area (Å²) in [5.74, 6) is 1.86. The molecule has 0 saturated carbocycles. The van der Waals surface area contributed by atoms with Crippen molar-refractivity contribution >= 4 is 6.03 Å². The summed E-state index contributed by atoms with van der Waals surface area (Å²) in [5.41, 5.74) is 0. The molecule has 19 heavy (non-hydrogen) atoms. The van der Waals surface area contributed by atoms with Gasteiger partial charge in [0, 0.05) is 0 Å². The van der Waals surface area contributed by atoms with Crippen LogP contribution in [0.3, 0.4) is 0 Å². The predicted molar refractivity (Wildman–Crippen MR) is 66.4 cm³/mol. The normalized spacial score (nSPS) is 12.2. The number of aryl methyl sites for hydroxylation is 1. The van der Waals surface area contributed by atoms with Crippen molar-refractivity contribution in [3.8, 4) is 0 Å². The first-order valence-corrected chi connectivity index (χ1v) is 5.92. The standard InChI is InChI=1S/C13H16N2O4/c1-9-5-6-12(19-9)10(2)15(17)13(16)14-8-11-4-3-7-18-11/h3-7,10,17H,8H2,1-2H3,(H,14,16). The number of nitrogens with one attached hydrogen (secondary N) is 1. The van der Waals surface area contributed by atoms with Crippen molar-refractivity contribution in [3.63, 3.8) is 0 Å². The summed E-state index contributed by atoms with van der Waals surface area (Å²) in [6, 6.07) is 5.79. The first kappa shape index (κ1) is 13.2.